The molecule has 0 aliphatic carbocycles. The Hall–Kier alpha value is -0.910. The molecular weight excluding hydrogens is 250 g/mol. The van der Waals surface area contributed by atoms with Gasteiger partial charge in [-0.1, -0.05) is 6.92 Å². The van der Waals surface area contributed by atoms with Crippen molar-refractivity contribution in [3.8, 4) is 0 Å². The second-order valence-electron chi connectivity index (χ2n) is 5.14. The summed E-state index contributed by atoms with van der Waals surface area (Å²) < 4.78 is 5.04. The van der Waals surface area contributed by atoms with Crippen LogP contribution in [0.15, 0.2) is 12.1 Å². The lowest BCUT2D eigenvalue weighted by atomic mass is 9.95. The van der Waals surface area contributed by atoms with Crippen molar-refractivity contribution in [1.29, 1.82) is 0 Å². The largest absolute Gasteiger partial charge is 0.388 e. The van der Waals surface area contributed by atoms with Crippen LogP contribution in [0.4, 0.5) is 0 Å². The quantitative estimate of drug-likeness (QED) is 0.909. The lowest BCUT2D eigenvalue weighted by molar-refractivity contribution is 0.0352. The van der Waals surface area contributed by atoms with Gasteiger partial charge in [-0.3, -0.25) is 4.79 Å². The van der Waals surface area contributed by atoms with Crippen LogP contribution >= 0.6 is 11.3 Å². The summed E-state index contributed by atoms with van der Waals surface area (Å²) >= 11 is 1.46. The summed E-state index contributed by atoms with van der Waals surface area (Å²) in [4.78, 5) is 15.8. The smallest absolute Gasteiger partial charge is 0.264 e. The number of nitrogens with zero attached hydrogens (tertiary/aromatic N) is 1. The molecule has 1 aliphatic heterocycles. The third-order valence-corrected chi connectivity index (χ3v) is 4.56. The van der Waals surface area contributed by atoms with Gasteiger partial charge in [-0.2, -0.15) is 0 Å². The Morgan fingerprint density at radius 3 is 2.94 bits per heavy atom. The van der Waals surface area contributed by atoms with Crippen LogP contribution < -0.4 is 0 Å². The number of rotatable bonds is 3. The Bertz CT molecular complexity index is 441. The molecule has 0 saturated carbocycles. The average Bonchev–Trinajstić information content (AvgIpc) is 2.85. The van der Waals surface area contributed by atoms with Crippen molar-refractivity contribution in [3.05, 3.63) is 21.9 Å². The Labute approximate surface area is 111 Å². The minimum absolute atomic E-state index is 0.00646. The van der Waals surface area contributed by atoms with Gasteiger partial charge in [0.05, 0.1) is 17.1 Å². The summed E-state index contributed by atoms with van der Waals surface area (Å²) in [5.41, 5.74) is -0.776. The maximum absolute atomic E-state index is 12.3. The zero-order valence-electron chi connectivity index (χ0n) is 11.0. The topological polar surface area (TPSA) is 49.8 Å². The second kappa shape index (κ2) is 4.99. The van der Waals surface area contributed by atoms with Gasteiger partial charge < -0.3 is 14.7 Å². The molecule has 0 radical (unpaired) electrons. The van der Waals surface area contributed by atoms with Gasteiger partial charge in [0.15, 0.2) is 0 Å². The van der Waals surface area contributed by atoms with E-state index in [1.165, 1.54) is 11.3 Å². The Balaban J connectivity index is 2.08. The molecule has 4 nitrogen and oxygen atoms in total. The van der Waals surface area contributed by atoms with E-state index in [1.54, 1.807) is 18.9 Å². The van der Waals surface area contributed by atoms with Gasteiger partial charge in [-0.25, -0.2) is 0 Å². The number of methoxy groups -OCH3 is 1. The van der Waals surface area contributed by atoms with Crippen molar-refractivity contribution in [2.75, 3.05) is 20.2 Å². The average molecular weight is 269 g/mol. The molecule has 18 heavy (non-hydrogen) atoms. The molecule has 1 aliphatic rings. The molecule has 0 unspecified atom stereocenters. The van der Waals surface area contributed by atoms with Crippen LogP contribution in [0.5, 0.6) is 0 Å². The van der Waals surface area contributed by atoms with Crippen LogP contribution in [0, 0.1) is 5.92 Å². The molecule has 2 rings (SSSR count). The van der Waals surface area contributed by atoms with Gasteiger partial charge in [-0.05, 0) is 19.1 Å². The van der Waals surface area contributed by atoms with Crippen molar-refractivity contribution in [1.82, 2.24) is 4.90 Å². The number of ether oxygens (including phenoxy) is 1. The first-order valence-corrected chi connectivity index (χ1v) is 6.85. The van der Waals surface area contributed by atoms with Crippen molar-refractivity contribution in [2.45, 2.75) is 26.1 Å². The minimum atomic E-state index is -0.776. The molecule has 2 atom stereocenters. The van der Waals surface area contributed by atoms with E-state index in [0.717, 1.165) is 4.88 Å². The number of β-amino-alcohol motifs (C(OH)–C–C–N with tert-alkyl or cyclic N) is 1. The normalized spacial score (nSPS) is 27.8. The van der Waals surface area contributed by atoms with E-state index in [1.807, 2.05) is 19.1 Å². The third-order valence-electron chi connectivity index (χ3n) is 3.51. The van der Waals surface area contributed by atoms with E-state index in [4.69, 9.17) is 4.74 Å². The number of hydrogen-bond donors (Lipinski definition) is 1. The Kier molecular flexibility index (Phi) is 3.75. The van der Waals surface area contributed by atoms with Crippen molar-refractivity contribution in [3.63, 3.8) is 0 Å². The zero-order valence-corrected chi connectivity index (χ0v) is 11.8. The molecule has 1 aromatic rings. The van der Waals surface area contributed by atoms with Crippen LogP contribution in [0.25, 0.3) is 0 Å². The maximum atomic E-state index is 12.3. The monoisotopic (exact) mass is 269 g/mol. The van der Waals surface area contributed by atoms with Crippen molar-refractivity contribution >= 4 is 17.2 Å². The number of hydrogen-bond acceptors (Lipinski definition) is 4. The van der Waals surface area contributed by atoms with Gasteiger partial charge in [0, 0.05) is 31.0 Å². The Morgan fingerprint density at radius 1 is 1.67 bits per heavy atom. The van der Waals surface area contributed by atoms with Gasteiger partial charge in [0.1, 0.15) is 0 Å². The summed E-state index contributed by atoms with van der Waals surface area (Å²) in [6.07, 6.45) is 0. The fourth-order valence-electron chi connectivity index (χ4n) is 2.16. The highest BCUT2D eigenvalue weighted by atomic mass is 32.1. The standard InChI is InChI=1S/C13H19NO3S/c1-9-6-14(8-13(9,2)16)12(15)11-5-4-10(18-11)7-17-3/h4-5,9,16H,6-8H2,1-3H3/t9-,13+/m1/s1. The third kappa shape index (κ3) is 2.58. The van der Waals surface area contributed by atoms with E-state index in [0.29, 0.717) is 24.6 Å². The first-order valence-electron chi connectivity index (χ1n) is 6.03. The lowest BCUT2D eigenvalue weighted by Crippen LogP contribution is -2.34. The van der Waals surface area contributed by atoms with E-state index in [9.17, 15) is 9.90 Å². The molecule has 0 bridgehead atoms. The van der Waals surface area contributed by atoms with E-state index < -0.39 is 5.60 Å². The highest BCUT2D eigenvalue weighted by Gasteiger charge is 2.40. The fraction of sp³-hybridized carbons (Fsp3) is 0.615. The SMILES string of the molecule is COCc1ccc(C(=O)N2C[C@@H](C)[C@@](C)(O)C2)s1. The van der Waals surface area contributed by atoms with Crippen molar-refractivity contribution in [2.24, 2.45) is 5.92 Å². The summed E-state index contributed by atoms with van der Waals surface area (Å²) in [6.45, 7) is 5.31. The number of aliphatic hydroxyl groups is 1. The van der Waals surface area contributed by atoms with Crippen LogP contribution in [0.3, 0.4) is 0 Å². The molecule has 1 aromatic heterocycles. The molecule has 0 aromatic carbocycles. The molecule has 5 heteroatoms. The number of amides is 1. The predicted octanol–water partition coefficient (Wildman–Crippen LogP) is 1.74. The van der Waals surface area contributed by atoms with Gasteiger partial charge in [-0.15, -0.1) is 11.3 Å². The number of likely N-dealkylation sites (tertiary alicyclic amines) is 1. The summed E-state index contributed by atoms with van der Waals surface area (Å²) in [5.74, 6) is 0.117. The van der Waals surface area contributed by atoms with Gasteiger partial charge in [0.2, 0.25) is 0 Å². The predicted molar refractivity (Wildman–Crippen MR) is 70.7 cm³/mol. The summed E-state index contributed by atoms with van der Waals surface area (Å²) in [7, 11) is 1.64. The summed E-state index contributed by atoms with van der Waals surface area (Å²) in [6, 6.07) is 3.75. The number of thiophene rings is 1. The molecular formula is C13H19NO3S. The van der Waals surface area contributed by atoms with Crippen LogP contribution in [-0.2, 0) is 11.3 Å². The second-order valence-corrected chi connectivity index (χ2v) is 6.31. The first-order chi connectivity index (χ1) is 8.44. The van der Waals surface area contributed by atoms with Crippen molar-refractivity contribution < 1.29 is 14.6 Å². The molecule has 0 spiro atoms. The first kappa shape index (κ1) is 13.5. The molecule has 1 saturated heterocycles. The van der Waals surface area contributed by atoms with E-state index >= 15 is 0 Å². The zero-order chi connectivity index (χ0) is 13.3. The van der Waals surface area contributed by atoms with E-state index in [2.05, 4.69) is 0 Å². The van der Waals surface area contributed by atoms with Gasteiger partial charge >= 0.3 is 0 Å². The molecule has 2 heterocycles. The van der Waals surface area contributed by atoms with Crippen LogP contribution in [0.2, 0.25) is 0 Å². The van der Waals surface area contributed by atoms with E-state index in [-0.39, 0.29) is 11.8 Å². The number of carbonyl (C=O) groups is 1. The highest BCUT2D eigenvalue weighted by molar-refractivity contribution is 7.14. The molecule has 1 N–H and O–H groups in total. The van der Waals surface area contributed by atoms with Crippen LogP contribution in [0.1, 0.15) is 28.4 Å². The minimum Gasteiger partial charge on any atom is -0.388 e. The highest BCUT2D eigenvalue weighted by Crippen LogP contribution is 2.29. The maximum Gasteiger partial charge on any atom is 0.264 e. The molecule has 1 fully saturated rings. The lowest BCUT2D eigenvalue weighted by Gasteiger charge is -2.20. The summed E-state index contributed by atoms with van der Waals surface area (Å²) in [5, 5.41) is 10.1. The Morgan fingerprint density at radius 2 is 2.39 bits per heavy atom. The number of carbonyl (C=O) groups excluding carboxylic acids is 1. The molecule has 1 amide bonds. The van der Waals surface area contributed by atoms with Gasteiger partial charge in [0.25, 0.3) is 5.91 Å². The fourth-order valence-corrected chi connectivity index (χ4v) is 3.11. The van der Waals surface area contributed by atoms with Crippen LogP contribution in [-0.4, -0.2) is 41.7 Å². The molecule has 100 valence electrons.